The van der Waals surface area contributed by atoms with Crippen molar-refractivity contribution in [2.75, 3.05) is 0 Å². The molecule has 21 heavy (non-hydrogen) atoms. The third-order valence-electron chi connectivity index (χ3n) is 2.82. The molecule has 1 aromatic carbocycles. The van der Waals surface area contributed by atoms with Crippen molar-refractivity contribution in [1.29, 1.82) is 0 Å². The van der Waals surface area contributed by atoms with E-state index < -0.39 is 4.92 Å². The second-order valence-electron chi connectivity index (χ2n) is 4.39. The molecule has 1 aromatic heterocycles. The zero-order valence-electron chi connectivity index (χ0n) is 11.3. The number of nitrogens with zero attached hydrogens (tertiary/aromatic N) is 2. The van der Waals surface area contributed by atoms with Gasteiger partial charge >= 0.3 is 0 Å². The molecule has 0 radical (unpaired) electrons. The first-order valence-corrected chi connectivity index (χ1v) is 6.28. The molecule has 1 amide bonds. The first-order chi connectivity index (χ1) is 10.1. The molecule has 0 aliphatic carbocycles. The fourth-order valence-corrected chi connectivity index (χ4v) is 1.72. The average molecular weight is 286 g/mol. The Hall–Kier alpha value is -2.96. The van der Waals surface area contributed by atoms with Gasteiger partial charge in [0, 0.05) is 30.6 Å². The first kappa shape index (κ1) is 14.4. The molecule has 2 rings (SSSR count). The predicted molar refractivity (Wildman–Crippen MR) is 77.3 cm³/mol. The normalized spacial score (nSPS) is 12.2. The summed E-state index contributed by atoms with van der Waals surface area (Å²) in [5.74, 6) is 0.407. The second-order valence-corrected chi connectivity index (χ2v) is 4.39. The van der Waals surface area contributed by atoms with Crippen molar-refractivity contribution in [1.82, 2.24) is 15.3 Å². The van der Waals surface area contributed by atoms with Crippen LogP contribution in [0.25, 0.3) is 6.08 Å². The molecule has 2 aromatic rings. The third kappa shape index (κ3) is 4.00. The maximum Gasteiger partial charge on any atom is 0.269 e. The Balaban J connectivity index is 1.94. The molecule has 1 heterocycles. The van der Waals surface area contributed by atoms with Crippen LogP contribution in [0.3, 0.4) is 0 Å². The number of hydrogen-bond acceptors (Lipinski definition) is 4. The smallest absolute Gasteiger partial charge is 0.269 e. The standard InChI is InChI=1S/C14H14N4O3/c1-10(14-15-8-9-16-14)17-13(19)7-4-11-2-5-12(6-3-11)18(20)21/h2-10H,1H3,(H,15,16)(H,17,19)/b7-4+. The summed E-state index contributed by atoms with van der Waals surface area (Å²) in [7, 11) is 0. The summed E-state index contributed by atoms with van der Waals surface area (Å²) >= 11 is 0. The number of aromatic amines is 1. The lowest BCUT2D eigenvalue weighted by atomic mass is 10.2. The minimum atomic E-state index is -0.467. The minimum absolute atomic E-state index is 0.0167. The molecule has 2 N–H and O–H groups in total. The highest BCUT2D eigenvalue weighted by molar-refractivity contribution is 5.91. The summed E-state index contributed by atoms with van der Waals surface area (Å²) in [6.45, 7) is 1.82. The summed E-state index contributed by atoms with van der Waals surface area (Å²) in [5.41, 5.74) is 0.726. The molecule has 1 unspecified atom stereocenters. The van der Waals surface area contributed by atoms with Crippen molar-refractivity contribution < 1.29 is 9.72 Å². The van der Waals surface area contributed by atoms with Crippen molar-refractivity contribution in [3.8, 4) is 0 Å². The Morgan fingerprint density at radius 2 is 2.14 bits per heavy atom. The summed E-state index contributed by atoms with van der Waals surface area (Å²) < 4.78 is 0. The van der Waals surface area contributed by atoms with Crippen molar-refractivity contribution in [3.63, 3.8) is 0 Å². The van der Waals surface area contributed by atoms with Crippen LogP contribution < -0.4 is 5.32 Å². The number of nitro groups is 1. The highest BCUT2D eigenvalue weighted by Gasteiger charge is 2.09. The van der Waals surface area contributed by atoms with E-state index in [0.29, 0.717) is 11.4 Å². The van der Waals surface area contributed by atoms with Gasteiger partial charge in [-0.05, 0) is 30.7 Å². The van der Waals surface area contributed by atoms with E-state index in [1.54, 1.807) is 30.6 Å². The molecular formula is C14H14N4O3. The van der Waals surface area contributed by atoms with Gasteiger partial charge in [-0.15, -0.1) is 0 Å². The number of carbonyl (C=O) groups is 1. The van der Waals surface area contributed by atoms with Gasteiger partial charge in [-0.25, -0.2) is 4.98 Å². The highest BCUT2D eigenvalue weighted by Crippen LogP contribution is 2.13. The van der Waals surface area contributed by atoms with Crippen LogP contribution in [-0.2, 0) is 4.79 Å². The van der Waals surface area contributed by atoms with Crippen molar-refractivity contribution in [2.45, 2.75) is 13.0 Å². The number of benzene rings is 1. The predicted octanol–water partition coefficient (Wildman–Crippen LogP) is 2.21. The van der Waals surface area contributed by atoms with Crippen LogP contribution in [0.4, 0.5) is 5.69 Å². The zero-order chi connectivity index (χ0) is 15.2. The summed E-state index contributed by atoms with van der Waals surface area (Å²) in [6, 6.07) is 5.72. The van der Waals surface area contributed by atoms with Gasteiger partial charge in [0.1, 0.15) is 5.82 Å². The Labute approximate surface area is 120 Å². The number of rotatable bonds is 5. The monoisotopic (exact) mass is 286 g/mol. The van der Waals surface area contributed by atoms with Gasteiger partial charge in [-0.1, -0.05) is 0 Å². The van der Waals surface area contributed by atoms with E-state index in [4.69, 9.17) is 0 Å². The van der Waals surface area contributed by atoms with E-state index in [2.05, 4.69) is 15.3 Å². The number of hydrogen-bond donors (Lipinski definition) is 2. The molecule has 0 fully saturated rings. The van der Waals surface area contributed by atoms with Crippen LogP contribution in [0.15, 0.2) is 42.7 Å². The molecule has 7 heteroatoms. The molecule has 7 nitrogen and oxygen atoms in total. The lowest BCUT2D eigenvalue weighted by Crippen LogP contribution is -2.25. The molecule has 0 aliphatic rings. The number of carbonyl (C=O) groups excluding carboxylic acids is 1. The van der Waals surface area contributed by atoms with E-state index in [1.807, 2.05) is 6.92 Å². The molecule has 1 atom stereocenters. The van der Waals surface area contributed by atoms with Gasteiger partial charge in [0.05, 0.1) is 11.0 Å². The largest absolute Gasteiger partial charge is 0.347 e. The molecule has 108 valence electrons. The van der Waals surface area contributed by atoms with Crippen molar-refractivity contribution in [3.05, 3.63) is 64.2 Å². The SMILES string of the molecule is CC(NC(=O)/C=C/c1ccc([N+](=O)[O-])cc1)c1ncc[nH]1. The maximum absolute atomic E-state index is 11.7. The van der Waals surface area contributed by atoms with E-state index >= 15 is 0 Å². The average Bonchev–Trinajstić information content (AvgIpc) is 3.00. The van der Waals surface area contributed by atoms with Crippen LogP contribution >= 0.6 is 0 Å². The van der Waals surface area contributed by atoms with Gasteiger partial charge in [0.25, 0.3) is 5.69 Å². The van der Waals surface area contributed by atoms with Gasteiger partial charge in [-0.2, -0.15) is 0 Å². The maximum atomic E-state index is 11.7. The van der Waals surface area contributed by atoms with E-state index in [1.165, 1.54) is 18.2 Å². The number of imidazole rings is 1. The number of amides is 1. The van der Waals surface area contributed by atoms with Crippen LogP contribution in [0.5, 0.6) is 0 Å². The van der Waals surface area contributed by atoms with Crippen LogP contribution in [-0.4, -0.2) is 20.8 Å². The summed E-state index contributed by atoms with van der Waals surface area (Å²) in [5, 5.41) is 13.3. The van der Waals surface area contributed by atoms with Crippen LogP contribution in [0, 0.1) is 10.1 Å². The Bertz CT molecular complexity index is 647. The number of H-pyrrole nitrogens is 1. The number of aromatic nitrogens is 2. The Kier molecular flexibility index (Phi) is 4.45. The van der Waals surface area contributed by atoms with E-state index in [0.717, 1.165) is 0 Å². The zero-order valence-corrected chi connectivity index (χ0v) is 11.3. The Morgan fingerprint density at radius 1 is 1.43 bits per heavy atom. The number of nitrogens with one attached hydrogen (secondary N) is 2. The fraction of sp³-hybridized carbons (Fsp3) is 0.143. The summed E-state index contributed by atoms with van der Waals surface area (Å²) in [4.78, 5) is 28.8. The van der Waals surface area contributed by atoms with Crippen molar-refractivity contribution in [2.24, 2.45) is 0 Å². The molecule has 0 aliphatic heterocycles. The van der Waals surface area contributed by atoms with E-state index in [-0.39, 0.29) is 17.6 Å². The highest BCUT2D eigenvalue weighted by atomic mass is 16.6. The first-order valence-electron chi connectivity index (χ1n) is 6.28. The Morgan fingerprint density at radius 3 is 2.71 bits per heavy atom. The van der Waals surface area contributed by atoms with E-state index in [9.17, 15) is 14.9 Å². The second kappa shape index (κ2) is 6.47. The third-order valence-corrected chi connectivity index (χ3v) is 2.82. The molecule has 0 saturated heterocycles. The molecule has 0 spiro atoms. The molecule has 0 saturated carbocycles. The lowest BCUT2D eigenvalue weighted by molar-refractivity contribution is -0.384. The topological polar surface area (TPSA) is 101 Å². The molecular weight excluding hydrogens is 272 g/mol. The van der Waals surface area contributed by atoms with Gasteiger partial charge in [-0.3, -0.25) is 14.9 Å². The van der Waals surface area contributed by atoms with Crippen molar-refractivity contribution >= 4 is 17.7 Å². The quantitative estimate of drug-likeness (QED) is 0.500. The van der Waals surface area contributed by atoms with Gasteiger partial charge in [0.15, 0.2) is 0 Å². The van der Waals surface area contributed by atoms with Crippen LogP contribution in [0.1, 0.15) is 24.4 Å². The lowest BCUT2D eigenvalue weighted by Gasteiger charge is -2.08. The van der Waals surface area contributed by atoms with Crippen LogP contribution in [0.2, 0.25) is 0 Å². The van der Waals surface area contributed by atoms with Gasteiger partial charge in [0.2, 0.25) is 5.91 Å². The number of nitro benzene ring substituents is 1. The number of non-ortho nitro benzene ring substituents is 1. The minimum Gasteiger partial charge on any atom is -0.347 e. The van der Waals surface area contributed by atoms with Gasteiger partial charge < -0.3 is 10.3 Å². The molecule has 0 bridgehead atoms. The fourth-order valence-electron chi connectivity index (χ4n) is 1.72. The summed E-state index contributed by atoms with van der Waals surface area (Å²) in [6.07, 6.45) is 6.27.